The molecule has 4 rings (SSSR count). The van der Waals surface area contributed by atoms with Crippen LogP contribution >= 0.6 is 11.3 Å². The van der Waals surface area contributed by atoms with E-state index in [1.165, 1.54) is 4.31 Å². The number of benzene rings is 1. The summed E-state index contributed by atoms with van der Waals surface area (Å²) in [6.45, 7) is 7.08. The van der Waals surface area contributed by atoms with Crippen LogP contribution in [0.2, 0.25) is 0 Å². The number of nitrogens with one attached hydrogen (secondary N) is 3. The third kappa shape index (κ3) is 4.67. The molecule has 0 saturated carbocycles. The highest BCUT2D eigenvalue weighted by Crippen LogP contribution is 2.31. The zero-order valence-corrected chi connectivity index (χ0v) is 20.5. The Hall–Kier alpha value is -2.43. The standard InChI is InChI=1S/C22H30N6O2S2/c1-22(2,3)32(29,30)28(4)17-7-5-6-16(14-17)24-19-18-10-13-31-20(18)27-21(26-19)25-15-8-11-23-12-9-15/h5-7,10,13-15,23H,8-9,11-12H2,1-4H3,(H2,24,25,26,27). The highest BCUT2D eigenvalue weighted by Gasteiger charge is 2.33. The Kier molecular flexibility index (Phi) is 6.28. The van der Waals surface area contributed by atoms with Gasteiger partial charge in [-0.3, -0.25) is 4.31 Å². The summed E-state index contributed by atoms with van der Waals surface area (Å²) in [7, 11) is -1.92. The number of hydrogen-bond donors (Lipinski definition) is 3. The molecule has 0 unspecified atom stereocenters. The molecule has 0 radical (unpaired) electrons. The number of nitrogens with zero attached hydrogens (tertiary/aromatic N) is 3. The van der Waals surface area contributed by atoms with Crippen LogP contribution in [0.5, 0.6) is 0 Å². The first kappa shape index (κ1) is 22.8. The monoisotopic (exact) mass is 474 g/mol. The summed E-state index contributed by atoms with van der Waals surface area (Å²) in [5.41, 5.74) is 1.35. The second-order valence-corrected chi connectivity index (χ2v) is 12.6. The molecule has 1 saturated heterocycles. The third-order valence-corrected chi connectivity index (χ3v) is 8.89. The van der Waals surface area contributed by atoms with Gasteiger partial charge in [-0.05, 0) is 76.3 Å². The van der Waals surface area contributed by atoms with Crippen molar-refractivity contribution in [3.8, 4) is 0 Å². The number of rotatable bonds is 6. The fourth-order valence-electron chi connectivity index (χ4n) is 3.63. The molecule has 8 nitrogen and oxygen atoms in total. The van der Waals surface area contributed by atoms with Crippen molar-refractivity contribution in [3.05, 3.63) is 35.7 Å². The minimum atomic E-state index is -3.50. The Morgan fingerprint density at radius 3 is 2.62 bits per heavy atom. The Labute approximate surface area is 193 Å². The van der Waals surface area contributed by atoms with Gasteiger partial charge in [0.15, 0.2) is 0 Å². The molecule has 0 amide bonds. The van der Waals surface area contributed by atoms with Crippen LogP contribution in [-0.4, -0.2) is 49.3 Å². The molecule has 0 spiro atoms. The van der Waals surface area contributed by atoms with Crippen LogP contribution in [-0.2, 0) is 10.0 Å². The highest BCUT2D eigenvalue weighted by molar-refractivity contribution is 7.94. The van der Waals surface area contributed by atoms with Crippen LogP contribution < -0.4 is 20.3 Å². The lowest BCUT2D eigenvalue weighted by atomic mass is 10.1. The molecule has 3 heterocycles. The van der Waals surface area contributed by atoms with Crippen molar-refractivity contribution in [2.24, 2.45) is 0 Å². The van der Waals surface area contributed by atoms with Gasteiger partial charge in [0.1, 0.15) is 10.6 Å². The zero-order chi connectivity index (χ0) is 22.9. The Morgan fingerprint density at radius 1 is 1.16 bits per heavy atom. The van der Waals surface area contributed by atoms with E-state index in [0.717, 1.165) is 41.8 Å². The number of aromatic nitrogens is 2. The van der Waals surface area contributed by atoms with E-state index in [1.807, 2.05) is 29.6 Å². The number of sulfonamides is 1. The first-order valence-corrected chi connectivity index (χ1v) is 13.1. The summed E-state index contributed by atoms with van der Waals surface area (Å²) >= 11 is 1.57. The van der Waals surface area contributed by atoms with Crippen molar-refractivity contribution in [2.75, 3.05) is 35.1 Å². The van der Waals surface area contributed by atoms with Crippen LogP contribution in [0.1, 0.15) is 33.6 Å². The molecule has 1 fully saturated rings. The molecule has 3 N–H and O–H groups in total. The summed E-state index contributed by atoms with van der Waals surface area (Å²) in [6, 6.07) is 9.70. The van der Waals surface area contributed by atoms with E-state index >= 15 is 0 Å². The minimum absolute atomic E-state index is 0.348. The number of anilines is 4. The smallest absolute Gasteiger partial charge is 0.239 e. The van der Waals surface area contributed by atoms with Crippen molar-refractivity contribution in [1.82, 2.24) is 15.3 Å². The quantitative estimate of drug-likeness (QED) is 0.493. The number of piperidine rings is 1. The molecular formula is C22H30N6O2S2. The molecule has 1 aromatic carbocycles. The van der Waals surface area contributed by atoms with E-state index in [-0.39, 0.29) is 0 Å². The van der Waals surface area contributed by atoms with Crippen LogP contribution in [0.15, 0.2) is 35.7 Å². The lowest BCUT2D eigenvalue weighted by Crippen LogP contribution is -2.40. The van der Waals surface area contributed by atoms with E-state index in [0.29, 0.717) is 23.5 Å². The van der Waals surface area contributed by atoms with Crippen LogP contribution in [0, 0.1) is 0 Å². The average molecular weight is 475 g/mol. The maximum absolute atomic E-state index is 12.9. The van der Waals surface area contributed by atoms with Gasteiger partial charge in [0, 0.05) is 18.8 Å². The zero-order valence-electron chi connectivity index (χ0n) is 18.8. The van der Waals surface area contributed by atoms with Gasteiger partial charge in [0.05, 0.1) is 15.8 Å². The highest BCUT2D eigenvalue weighted by atomic mass is 32.2. The summed E-state index contributed by atoms with van der Waals surface area (Å²) in [5.74, 6) is 1.31. The van der Waals surface area contributed by atoms with E-state index < -0.39 is 14.8 Å². The van der Waals surface area contributed by atoms with Gasteiger partial charge in [-0.25, -0.2) is 13.4 Å². The molecule has 3 aromatic rings. The Morgan fingerprint density at radius 2 is 1.91 bits per heavy atom. The van der Waals surface area contributed by atoms with E-state index in [9.17, 15) is 8.42 Å². The van der Waals surface area contributed by atoms with Gasteiger partial charge in [0.25, 0.3) is 0 Å². The lowest BCUT2D eigenvalue weighted by Gasteiger charge is -2.28. The molecule has 1 aliphatic rings. The van der Waals surface area contributed by atoms with Gasteiger partial charge in [-0.1, -0.05) is 6.07 Å². The molecule has 0 aliphatic carbocycles. The van der Waals surface area contributed by atoms with Gasteiger partial charge in [-0.2, -0.15) is 4.98 Å². The maximum atomic E-state index is 12.9. The topological polar surface area (TPSA) is 99.2 Å². The lowest BCUT2D eigenvalue weighted by molar-refractivity contribution is 0.477. The maximum Gasteiger partial charge on any atom is 0.239 e. The van der Waals surface area contributed by atoms with Crippen molar-refractivity contribution in [1.29, 1.82) is 0 Å². The third-order valence-electron chi connectivity index (χ3n) is 5.60. The largest absolute Gasteiger partial charge is 0.351 e. The molecule has 0 atom stereocenters. The van der Waals surface area contributed by atoms with E-state index in [2.05, 4.69) is 20.9 Å². The molecule has 2 aromatic heterocycles. The number of fused-ring (bicyclic) bond motifs is 1. The molecule has 1 aliphatic heterocycles. The van der Waals surface area contributed by atoms with Gasteiger partial charge < -0.3 is 16.0 Å². The molecular weight excluding hydrogens is 444 g/mol. The summed E-state index contributed by atoms with van der Waals surface area (Å²) < 4.78 is 26.2. The minimum Gasteiger partial charge on any atom is -0.351 e. The first-order valence-electron chi connectivity index (χ1n) is 10.7. The molecule has 32 heavy (non-hydrogen) atoms. The van der Waals surface area contributed by atoms with Crippen LogP contribution in [0.4, 0.5) is 23.1 Å². The first-order chi connectivity index (χ1) is 15.1. The second-order valence-electron chi connectivity index (χ2n) is 8.96. The Balaban J connectivity index is 1.62. The van der Waals surface area contributed by atoms with E-state index in [4.69, 9.17) is 4.98 Å². The Bertz CT molecular complexity index is 1200. The summed E-state index contributed by atoms with van der Waals surface area (Å²) in [5, 5.41) is 13.2. The second kappa shape index (κ2) is 8.84. The number of hydrogen-bond acceptors (Lipinski definition) is 8. The fraction of sp³-hybridized carbons (Fsp3) is 0.455. The predicted octanol–water partition coefficient (Wildman–Crippen LogP) is 4.16. The SMILES string of the molecule is CN(c1cccc(Nc2nc(NC3CCNCC3)nc3sccc23)c1)S(=O)(=O)C(C)(C)C. The average Bonchev–Trinajstić information content (AvgIpc) is 3.22. The van der Waals surface area contributed by atoms with Crippen molar-refractivity contribution in [3.63, 3.8) is 0 Å². The van der Waals surface area contributed by atoms with Gasteiger partial charge in [0.2, 0.25) is 16.0 Å². The predicted molar refractivity (Wildman–Crippen MR) is 134 cm³/mol. The normalized spacial score (nSPS) is 15.6. The van der Waals surface area contributed by atoms with Crippen molar-refractivity contribution < 1.29 is 8.42 Å². The van der Waals surface area contributed by atoms with Gasteiger partial charge in [-0.15, -0.1) is 11.3 Å². The molecule has 172 valence electrons. The van der Waals surface area contributed by atoms with Gasteiger partial charge >= 0.3 is 0 Å². The number of thiophene rings is 1. The molecule has 10 heteroatoms. The summed E-state index contributed by atoms with van der Waals surface area (Å²) in [6.07, 6.45) is 2.07. The van der Waals surface area contributed by atoms with Crippen LogP contribution in [0.25, 0.3) is 10.2 Å². The van der Waals surface area contributed by atoms with Crippen LogP contribution in [0.3, 0.4) is 0 Å². The summed E-state index contributed by atoms with van der Waals surface area (Å²) in [4.78, 5) is 10.3. The van der Waals surface area contributed by atoms with Crippen molar-refractivity contribution in [2.45, 2.75) is 44.4 Å². The molecule has 0 bridgehead atoms. The van der Waals surface area contributed by atoms with Crippen molar-refractivity contribution >= 4 is 54.7 Å². The van der Waals surface area contributed by atoms with E-state index in [1.54, 1.807) is 45.2 Å². The fourth-order valence-corrected chi connectivity index (χ4v) is 5.61.